The van der Waals surface area contributed by atoms with E-state index >= 15 is 0 Å². The van der Waals surface area contributed by atoms with Gasteiger partial charge in [-0.2, -0.15) is 4.31 Å². The molecular weight excluding hydrogens is 458 g/mol. The van der Waals surface area contributed by atoms with Gasteiger partial charge in [0.05, 0.1) is 24.7 Å². The number of pyridine rings is 1. The van der Waals surface area contributed by atoms with Crippen molar-refractivity contribution in [1.82, 2.24) is 14.6 Å². The maximum atomic E-state index is 13.0. The van der Waals surface area contributed by atoms with E-state index in [4.69, 9.17) is 9.47 Å². The number of rotatable bonds is 10. The lowest BCUT2D eigenvalue weighted by atomic mass is 10.1. The van der Waals surface area contributed by atoms with E-state index in [-0.39, 0.29) is 17.0 Å². The topological polar surface area (TPSA) is 118 Å². The van der Waals surface area contributed by atoms with E-state index in [1.54, 1.807) is 34.1 Å². The molecule has 0 atom stereocenters. The number of aromatic amines is 1. The van der Waals surface area contributed by atoms with Gasteiger partial charge in [0.2, 0.25) is 15.6 Å². The minimum atomic E-state index is -3.73. The van der Waals surface area contributed by atoms with Crippen LogP contribution >= 0.6 is 0 Å². The van der Waals surface area contributed by atoms with Crippen LogP contribution in [0.1, 0.15) is 29.8 Å². The quantitative estimate of drug-likeness (QED) is 0.454. The van der Waals surface area contributed by atoms with E-state index in [1.807, 2.05) is 12.1 Å². The number of fused-ring (bicyclic) bond motifs is 1. The van der Waals surface area contributed by atoms with Crippen molar-refractivity contribution in [3.8, 4) is 11.5 Å². The fourth-order valence-electron chi connectivity index (χ4n) is 3.76. The van der Waals surface area contributed by atoms with Gasteiger partial charge >= 0.3 is 0 Å². The number of nitrogens with one attached hydrogen (secondary N) is 2. The Kier molecular flexibility index (Phi) is 7.95. The van der Waals surface area contributed by atoms with Gasteiger partial charge in [-0.1, -0.05) is 19.9 Å². The predicted octanol–water partition coefficient (Wildman–Crippen LogP) is 2.55. The van der Waals surface area contributed by atoms with Gasteiger partial charge in [0.1, 0.15) is 11.5 Å². The minimum absolute atomic E-state index is 0.0627. The molecule has 182 valence electrons. The molecule has 0 aliphatic heterocycles. The molecule has 0 radical (unpaired) electrons. The molecule has 0 saturated heterocycles. The van der Waals surface area contributed by atoms with Crippen LogP contribution in [0.2, 0.25) is 0 Å². The number of carbonyl (C=O) groups excluding carboxylic acids is 1. The van der Waals surface area contributed by atoms with Crippen molar-refractivity contribution >= 4 is 26.8 Å². The van der Waals surface area contributed by atoms with Crippen LogP contribution < -0.4 is 20.3 Å². The molecule has 3 rings (SSSR count). The molecule has 1 heterocycles. The molecule has 0 bridgehead atoms. The first-order chi connectivity index (χ1) is 16.2. The SMILES string of the molecule is CCN(CC)S(=O)(=O)c1ccc2[nH]c(=O)cc(C(=O)NCCc3ccc(OC)cc3OC)c2c1. The third-order valence-corrected chi connectivity index (χ3v) is 7.62. The van der Waals surface area contributed by atoms with E-state index in [0.29, 0.717) is 41.9 Å². The molecule has 0 saturated carbocycles. The smallest absolute Gasteiger partial charge is 0.252 e. The van der Waals surface area contributed by atoms with Crippen LogP contribution in [-0.2, 0) is 16.4 Å². The van der Waals surface area contributed by atoms with Gasteiger partial charge in [0.25, 0.3) is 5.91 Å². The normalized spacial score (nSPS) is 11.6. The highest BCUT2D eigenvalue weighted by atomic mass is 32.2. The molecule has 0 spiro atoms. The number of carbonyl (C=O) groups is 1. The van der Waals surface area contributed by atoms with Crippen molar-refractivity contribution in [2.45, 2.75) is 25.2 Å². The Morgan fingerprint density at radius 2 is 1.76 bits per heavy atom. The summed E-state index contributed by atoms with van der Waals surface area (Å²) in [5.74, 6) is 0.831. The van der Waals surface area contributed by atoms with Gasteiger partial charge < -0.3 is 19.8 Å². The highest BCUT2D eigenvalue weighted by Gasteiger charge is 2.23. The molecule has 2 aromatic carbocycles. The van der Waals surface area contributed by atoms with Crippen LogP contribution in [0.25, 0.3) is 10.9 Å². The zero-order valence-corrected chi connectivity index (χ0v) is 20.5. The Hall–Kier alpha value is -3.37. The molecule has 3 aromatic rings. The third-order valence-electron chi connectivity index (χ3n) is 5.58. The van der Waals surface area contributed by atoms with Gasteiger partial charge in [-0.15, -0.1) is 0 Å². The summed E-state index contributed by atoms with van der Waals surface area (Å²) in [5, 5.41) is 3.17. The summed E-state index contributed by atoms with van der Waals surface area (Å²) in [5.41, 5.74) is 0.922. The predicted molar refractivity (Wildman–Crippen MR) is 130 cm³/mol. The first kappa shape index (κ1) is 25.3. The fourth-order valence-corrected chi connectivity index (χ4v) is 5.24. The molecule has 9 nitrogen and oxygen atoms in total. The summed E-state index contributed by atoms with van der Waals surface area (Å²) in [6.07, 6.45) is 0.488. The van der Waals surface area contributed by atoms with Crippen molar-refractivity contribution < 1.29 is 22.7 Å². The molecule has 0 unspecified atom stereocenters. The largest absolute Gasteiger partial charge is 0.497 e. The number of ether oxygens (including phenoxy) is 2. The Labute approximate surface area is 198 Å². The molecule has 34 heavy (non-hydrogen) atoms. The maximum Gasteiger partial charge on any atom is 0.252 e. The molecule has 1 aromatic heterocycles. The first-order valence-corrected chi connectivity index (χ1v) is 12.4. The Morgan fingerprint density at radius 1 is 1.03 bits per heavy atom. The van der Waals surface area contributed by atoms with Gasteiger partial charge in [-0.3, -0.25) is 9.59 Å². The average molecular weight is 488 g/mol. The summed E-state index contributed by atoms with van der Waals surface area (Å²) in [7, 11) is -0.599. The summed E-state index contributed by atoms with van der Waals surface area (Å²) in [6.45, 7) is 4.45. The zero-order chi connectivity index (χ0) is 24.9. The molecular formula is C24H29N3O6S. The molecule has 1 amide bonds. The van der Waals surface area contributed by atoms with E-state index in [2.05, 4.69) is 10.3 Å². The Balaban J connectivity index is 1.88. The minimum Gasteiger partial charge on any atom is -0.497 e. The summed E-state index contributed by atoms with van der Waals surface area (Å²) in [6, 6.07) is 11.0. The fraction of sp³-hybridized carbons (Fsp3) is 0.333. The number of H-pyrrole nitrogens is 1. The monoisotopic (exact) mass is 487 g/mol. The number of aromatic nitrogens is 1. The van der Waals surface area contributed by atoms with Crippen LogP contribution in [0, 0.1) is 0 Å². The van der Waals surface area contributed by atoms with Crippen LogP contribution in [0.5, 0.6) is 11.5 Å². The standard InChI is InChI=1S/C24H29N3O6S/c1-5-27(6-2)34(30,31)18-9-10-21-19(14-18)20(15-23(28)26-21)24(29)25-12-11-16-7-8-17(32-3)13-22(16)33-4/h7-10,13-15H,5-6,11-12H2,1-4H3,(H,25,29)(H,26,28). The maximum absolute atomic E-state index is 13.0. The highest BCUT2D eigenvalue weighted by molar-refractivity contribution is 7.89. The Bertz CT molecular complexity index is 1350. The lowest BCUT2D eigenvalue weighted by molar-refractivity contribution is 0.0955. The number of methoxy groups -OCH3 is 2. The van der Waals surface area contributed by atoms with Crippen molar-refractivity contribution in [2.75, 3.05) is 33.9 Å². The lowest BCUT2D eigenvalue weighted by Gasteiger charge is -2.19. The lowest BCUT2D eigenvalue weighted by Crippen LogP contribution is -2.30. The van der Waals surface area contributed by atoms with Crippen molar-refractivity contribution in [3.63, 3.8) is 0 Å². The molecule has 10 heteroatoms. The van der Waals surface area contributed by atoms with Crippen molar-refractivity contribution in [2.24, 2.45) is 0 Å². The molecule has 0 aliphatic rings. The van der Waals surface area contributed by atoms with Crippen molar-refractivity contribution in [1.29, 1.82) is 0 Å². The molecule has 2 N–H and O–H groups in total. The second kappa shape index (κ2) is 10.7. The second-order valence-corrected chi connectivity index (χ2v) is 9.47. The Morgan fingerprint density at radius 3 is 2.41 bits per heavy atom. The highest BCUT2D eigenvalue weighted by Crippen LogP contribution is 2.25. The number of amides is 1. The number of hydrogen-bond acceptors (Lipinski definition) is 6. The van der Waals surface area contributed by atoms with E-state index in [1.165, 1.54) is 28.6 Å². The van der Waals surface area contributed by atoms with Crippen LogP contribution in [0.4, 0.5) is 0 Å². The summed E-state index contributed by atoms with van der Waals surface area (Å²) in [4.78, 5) is 27.8. The van der Waals surface area contributed by atoms with Gasteiger partial charge in [-0.05, 0) is 36.2 Å². The summed E-state index contributed by atoms with van der Waals surface area (Å²) >= 11 is 0. The average Bonchev–Trinajstić information content (AvgIpc) is 2.83. The van der Waals surface area contributed by atoms with E-state index in [0.717, 1.165) is 5.56 Å². The summed E-state index contributed by atoms with van der Waals surface area (Å²) < 4.78 is 37.8. The number of sulfonamides is 1. The van der Waals surface area contributed by atoms with Crippen LogP contribution in [-0.4, -0.2) is 57.5 Å². The van der Waals surface area contributed by atoms with E-state index in [9.17, 15) is 18.0 Å². The van der Waals surface area contributed by atoms with E-state index < -0.39 is 21.5 Å². The first-order valence-electron chi connectivity index (χ1n) is 10.9. The third kappa shape index (κ3) is 5.23. The second-order valence-electron chi connectivity index (χ2n) is 7.53. The zero-order valence-electron chi connectivity index (χ0n) is 19.7. The number of nitrogens with zero attached hydrogens (tertiary/aromatic N) is 1. The number of hydrogen-bond donors (Lipinski definition) is 2. The van der Waals surface area contributed by atoms with Gasteiger partial charge in [0, 0.05) is 42.7 Å². The number of benzene rings is 2. The van der Waals surface area contributed by atoms with Crippen LogP contribution in [0.3, 0.4) is 0 Å². The van der Waals surface area contributed by atoms with Crippen molar-refractivity contribution in [3.05, 3.63) is 63.9 Å². The van der Waals surface area contributed by atoms with Crippen LogP contribution in [0.15, 0.2) is 52.2 Å². The van der Waals surface area contributed by atoms with Gasteiger partial charge in [-0.25, -0.2) is 8.42 Å². The molecule has 0 aliphatic carbocycles. The van der Waals surface area contributed by atoms with Gasteiger partial charge in [0.15, 0.2) is 0 Å². The molecule has 0 fully saturated rings.